The SMILES string of the molecule is Cc1csc(N2CCCN(C(=O)N[C@H]3C[C@H]4CC[C@H]3O4)CC2)n1. The Morgan fingerprint density at radius 2 is 2.26 bits per heavy atom. The van der Waals surface area contributed by atoms with E-state index in [-0.39, 0.29) is 18.2 Å². The van der Waals surface area contributed by atoms with Crippen LogP contribution >= 0.6 is 11.3 Å². The predicted molar refractivity (Wildman–Crippen MR) is 90.1 cm³/mol. The summed E-state index contributed by atoms with van der Waals surface area (Å²) in [5.74, 6) is 0. The maximum absolute atomic E-state index is 12.6. The van der Waals surface area contributed by atoms with E-state index in [4.69, 9.17) is 4.74 Å². The Morgan fingerprint density at radius 1 is 1.35 bits per heavy atom. The summed E-state index contributed by atoms with van der Waals surface area (Å²) < 4.78 is 5.83. The lowest BCUT2D eigenvalue weighted by atomic mass is 9.96. The highest BCUT2D eigenvalue weighted by molar-refractivity contribution is 7.13. The fourth-order valence-corrected chi connectivity index (χ4v) is 4.70. The van der Waals surface area contributed by atoms with Crippen LogP contribution in [0.3, 0.4) is 0 Å². The molecule has 3 fully saturated rings. The number of hydrogen-bond acceptors (Lipinski definition) is 5. The van der Waals surface area contributed by atoms with Crippen LogP contribution in [0.5, 0.6) is 0 Å². The van der Waals surface area contributed by atoms with Gasteiger partial charge in [-0.25, -0.2) is 9.78 Å². The van der Waals surface area contributed by atoms with E-state index in [0.29, 0.717) is 6.10 Å². The van der Waals surface area contributed by atoms with Gasteiger partial charge in [0.15, 0.2) is 5.13 Å². The molecule has 1 N–H and O–H groups in total. The zero-order valence-electron chi connectivity index (χ0n) is 13.5. The number of anilines is 1. The highest BCUT2D eigenvalue weighted by atomic mass is 32.1. The Morgan fingerprint density at radius 3 is 2.96 bits per heavy atom. The molecule has 0 radical (unpaired) electrons. The highest BCUT2D eigenvalue weighted by Crippen LogP contribution is 2.34. The van der Waals surface area contributed by atoms with Crippen molar-refractivity contribution in [3.8, 4) is 0 Å². The largest absolute Gasteiger partial charge is 0.373 e. The number of nitrogens with zero attached hydrogens (tertiary/aromatic N) is 3. The second-order valence-electron chi connectivity index (χ2n) is 6.76. The van der Waals surface area contributed by atoms with E-state index in [0.717, 1.165) is 62.7 Å². The van der Waals surface area contributed by atoms with Gasteiger partial charge in [-0.15, -0.1) is 11.3 Å². The van der Waals surface area contributed by atoms with Gasteiger partial charge in [-0.05, 0) is 32.6 Å². The van der Waals surface area contributed by atoms with Crippen LogP contribution in [0.4, 0.5) is 9.93 Å². The van der Waals surface area contributed by atoms with Crippen LogP contribution in [-0.4, -0.2) is 60.3 Å². The average molecular weight is 336 g/mol. The molecule has 3 atom stereocenters. The first-order chi connectivity index (χ1) is 11.2. The summed E-state index contributed by atoms with van der Waals surface area (Å²) in [6, 6.07) is 0.283. The molecular weight excluding hydrogens is 312 g/mol. The number of carbonyl (C=O) groups is 1. The molecular formula is C16H24N4O2S. The standard InChI is InChI=1S/C16H24N4O2S/c1-11-10-23-16(17-11)20-6-2-5-19(7-8-20)15(21)18-13-9-12-3-4-14(13)22-12/h10,12-14H,2-9H2,1H3,(H,18,21)/t12-,13+,14-/m1/s1. The molecule has 126 valence electrons. The van der Waals surface area contributed by atoms with Crippen molar-refractivity contribution in [3.05, 3.63) is 11.1 Å². The third kappa shape index (κ3) is 3.17. The molecule has 0 unspecified atom stereocenters. The summed E-state index contributed by atoms with van der Waals surface area (Å²) in [6.07, 6.45) is 4.83. The first-order valence-electron chi connectivity index (χ1n) is 8.57. The Kier molecular flexibility index (Phi) is 4.15. The Hall–Kier alpha value is -1.34. The minimum atomic E-state index is 0.0725. The second-order valence-corrected chi connectivity index (χ2v) is 7.60. The van der Waals surface area contributed by atoms with Gasteiger partial charge in [0.25, 0.3) is 0 Å². The van der Waals surface area contributed by atoms with Crippen LogP contribution in [-0.2, 0) is 4.74 Å². The summed E-state index contributed by atoms with van der Waals surface area (Å²) in [4.78, 5) is 21.4. The maximum atomic E-state index is 12.6. The maximum Gasteiger partial charge on any atom is 0.317 e. The van der Waals surface area contributed by atoms with Gasteiger partial charge in [0.2, 0.25) is 0 Å². The van der Waals surface area contributed by atoms with Crippen molar-refractivity contribution in [2.75, 3.05) is 31.1 Å². The Balaban J connectivity index is 1.32. The smallest absolute Gasteiger partial charge is 0.317 e. The second kappa shape index (κ2) is 6.28. The number of amides is 2. The van der Waals surface area contributed by atoms with E-state index < -0.39 is 0 Å². The molecule has 0 aliphatic carbocycles. The molecule has 23 heavy (non-hydrogen) atoms. The number of hydrogen-bond donors (Lipinski definition) is 1. The molecule has 4 rings (SSSR count). The van der Waals surface area contributed by atoms with E-state index in [1.807, 2.05) is 11.8 Å². The highest BCUT2D eigenvalue weighted by Gasteiger charge is 2.41. The zero-order chi connectivity index (χ0) is 15.8. The monoisotopic (exact) mass is 336 g/mol. The van der Waals surface area contributed by atoms with Gasteiger partial charge >= 0.3 is 6.03 Å². The van der Waals surface area contributed by atoms with Crippen molar-refractivity contribution < 1.29 is 9.53 Å². The summed E-state index contributed by atoms with van der Waals surface area (Å²) in [5.41, 5.74) is 1.07. The normalized spacial score (nSPS) is 30.6. The number of ether oxygens (including phenoxy) is 1. The molecule has 1 aromatic heterocycles. The lowest BCUT2D eigenvalue weighted by molar-refractivity contribution is 0.0970. The molecule has 2 amide bonds. The molecule has 1 aromatic rings. The number of urea groups is 1. The molecule has 0 aromatic carbocycles. The quantitative estimate of drug-likeness (QED) is 0.897. The van der Waals surface area contributed by atoms with Crippen molar-refractivity contribution in [1.29, 1.82) is 0 Å². The van der Waals surface area contributed by atoms with Gasteiger partial charge in [-0.1, -0.05) is 0 Å². The van der Waals surface area contributed by atoms with Crippen molar-refractivity contribution in [3.63, 3.8) is 0 Å². The molecule has 3 saturated heterocycles. The molecule has 4 heterocycles. The summed E-state index contributed by atoms with van der Waals surface area (Å²) in [5, 5.41) is 6.36. The summed E-state index contributed by atoms with van der Waals surface area (Å²) >= 11 is 1.69. The first kappa shape index (κ1) is 15.2. The van der Waals surface area contributed by atoms with Crippen LogP contribution in [0.1, 0.15) is 31.4 Å². The van der Waals surface area contributed by atoms with Crippen LogP contribution in [0.15, 0.2) is 5.38 Å². The van der Waals surface area contributed by atoms with Gasteiger partial charge < -0.3 is 19.9 Å². The van der Waals surface area contributed by atoms with Gasteiger partial charge in [-0.2, -0.15) is 0 Å². The Bertz CT molecular complexity index is 578. The van der Waals surface area contributed by atoms with Gasteiger partial charge in [0.05, 0.1) is 23.9 Å². The lowest BCUT2D eigenvalue weighted by Crippen LogP contribution is -2.49. The van der Waals surface area contributed by atoms with Crippen molar-refractivity contribution in [1.82, 2.24) is 15.2 Å². The molecule has 2 bridgehead atoms. The molecule has 0 saturated carbocycles. The van der Waals surface area contributed by atoms with E-state index in [1.165, 1.54) is 0 Å². The van der Waals surface area contributed by atoms with Crippen LogP contribution in [0.2, 0.25) is 0 Å². The number of rotatable bonds is 2. The number of aryl methyl sites for hydroxylation is 1. The van der Waals surface area contributed by atoms with Gasteiger partial charge in [0.1, 0.15) is 0 Å². The fraction of sp³-hybridized carbons (Fsp3) is 0.750. The van der Waals surface area contributed by atoms with Gasteiger partial charge in [0, 0.05) is 31.6 Å². The van der Waals surface area contributed by atoms with Crippen LogP contribution in [0.25, 0.3) is 0 Å². The van der Waals surface area contributed by atoms with Gasteiger partial charge in [-0.3, -0.25) is 0 Å². The molecule has 0 spiro atoms. The molecule has 6 nitrogen and oxygen atoms in total. The number of nitrogens with one attached hydrogen (secondary N) is 1. The number of fused-ring (bicyclic) bond motifs is 2. The predicted octanol–water partition coefficient (Wildman–Crippen LogP) is 1.99. The Labute approximate surface area is 140 Å². The summed E-state index contributed by atoms with van der Waals surface area (Å²) in [6.45, 7) is 5.41. The van der Waals surface area contributed by atoms with E-state index in [1.54, 1.807) is 11.3 Å². The average Bonchev–Trinajstić information content (AvgIpc) is 3.21. The molecule has 3 aliphatic rings. The number of thiazole rings is 1. The zero-order valence-corrected chi connectivity index (χ0v) is 14.3. The van der Waals surface area contributed by atoms with Crippen molar-refractivity contribution >= 4 is 22.5 Å². The third-order valence-electron chi connectivity index (χ3n) is 5.08. The van der Waals surface area contributed by atoms with E-state index >= 15 is 0 Å². The number of carbonyl (C=O) groups excluding carboxylic acids is 1. The summed E-state index contributed by atoms with van der Waals surface area (Å²) in [7, 11) is 0. The third-order valence-corrected chi connectivity index (χ3v) is 6.09. The lowest BCUT2D eigenvalue weighted by Gasteiger charge is -2.26. The minimum absolute atomic E-state index is 0.0725. The molecule has 3 aliphatic heterocycles. The fourth-order valence-electron chi connectivity index (χ4n) is 3.84. The molecule has 7 heteroatoms. The van der Waals surface area contributed by atoms with E-state index in [9.17, 15) is 4.79 Å². The minimum Gasteiger partial charge on any atom is -0.373 e. The van der Waals surface area contributed by atoms with Crippen molar-refractivity contribution in [2.45, 2.75) is 50.9 Å². The van der Waals surface area contributed by atoms with Crippen LogP contribution in [0, 0.1) is 6.92 Å². The first-order valence-corrected chi connectivity index (χ1v) is 9.45. The number of aromatic nitrogens is 1. The van der Waals surface area contributed by atoms with Crippen molar-refractivity contribution in [2.24, 2.45) is 0 Å². The topological polar surface area (TPSA) is 57.7 Å². The van der Waals surface area contributed by atoms with Crippen LogP contribution < -0.4 is 10.2 Å². The van der Waals surface area contributed by atoms with E-state index in [2.05, 4.69) is 20.6 Å².